The van der Waals surface area contributed by atoms with Gasteiger partial charge >= 0.3 is 0 Å². The van der Waals surface area contributed by atoms with Crippen molar-refractivity contribution in [2.45, 2.75) is 13.8 Å². The molecule has 3 heteroatoms. The fourth-order valence-corrected chi connectivity index (χ4v) is 2.96. The molecule has 0 aliphatic heterocycles. The maximum absolute atomic E-state index is 12.8. The van der Waals surface area contributed by atoms with E-state index in [1.807, 2.05) is 56.3 Å². The van der Waals surface area contributed by atoms with E-state index in [2.05, 4.69) is 9.97 Å². The Balaban J connectivity index is 2.32. The molecule has 0 fully saturated rings. The smallest absolute Gasteiger partial charge is 0.199 e. The van der Waals surface area contributed by atoms with Gasteiger partial charge in [0.2, 0.25) is 0 Å². The fourth-order valence-electron chi connectivity index (χ4n) is 2.96. The van der Waals surface area contributed by atoms with E-state index in [0.717, 1.165) is 32.9 Å². The predicted molar refractivity (Wildman–Crippen MR) is 86.8 cm³/mol. The summed E-state index contributed by atoms with van der Waals surface area (Å²) in [5, 5.41) is 2.44. The summed E-state index contributed by atoms with van der Waals surface area (Å²) in [6.45, 7) is 3.98. The molecule has 0 saturated heterocycles. The second-order valence-corrected chi connectivity index (χ2v) is 5.48. The van der Waals surface area contributed by atoms with Crippen LogP contribution in [0.15, 0.2) is 47.3 Å². The number of nitrogens with zero attached hydrogens (tertiary/aromatic N) is 1. The van der Waals surface area contributed by atoms with Crippen molar-refractivity contribution in [2.24, 2.45) is 0 Å². The van der Waals surface area contributed by atoms with Gasteiger partial charge in [0.1, 0.15) is 5.65 Å². The highest BCUT2D eigenvalue weighted by Crippen LogP contribution is 2.24. The molecule has 2 heterocycles. The van der Waals surface area contributed by atoms with E-state index in [1.165, 1.54) is 0 Å². The standard InChI is InChI=1S/C18H14N2O/c1-10-7-8-15-13(9-10)17(21)16-11(2)12-5-3-4-6-14(12)19-18(16)20-15/h3-9H,1-2H3,(H,19,20,21). The second kappa shape index (κ2) is 4.16. The number of benzene rings is 2. The zero-order valence-electron chi connectivity index (χ0n) is 11.9. The molecule has 2 aromatic heterocycles. The van der Waals surface area contributed by atoms with Crippen molar-refractivity contribution in [1.29, 1.82) is 0 Å². The Kier molecular flexibility index (Phi) is 2.39. The van der Waals surface area contributed by atoms with E-state index >= 15 is 0 Å². The lowest BCUT2D eigenvalue weighted by Crippen LogP contribution is -2.07. The van der Waals surface area contributed by atoms with Gasteiger partial charge in [0.05, 0.1) is 16.4 Å². The van der Waals surface area contributed by atoms with E-state index in [4.69, 9.17) is 0 Å². The summed E-state index contributed by atoms with van der Waals surface area (Å²) in [5.41, 5.74) is 4.52. The molecule has 0 spiro atoms. The van der Waals surface area contributed by atoms with Crippen LogP contribution in [-0.4, -0.2) is 9.97 Å². The number of aromatic nitrogens is 2. The molecule has 0 unspecified atom stereocenters. The lowest BCUT2D eigenvalue weighted by Gasteiger charge is -2.08. The van der Waals surface area contributed by atoms with Crippen LogP contribution >= 0.6 is 0 Å². The Morgan fingerprint density at radius 3 is 2.67 bits per heavy atom. The summed E-state index contributed by atoms with van der Waals surface area (Å²) in [7, 11) is 0. The minimum Gasteiger partial charge on any atom is -0.339 e. The quantitative estimate of drug-likeness (QED) is 0.495. The number of para-hydroxylation sites is 1. The van der Waals surface area contributed by atoms with Crippen LogP contribution in [0.1, 0.15) is 11.1 Å². The average Bonchev–Trinajstić information content (AvgIpc) is 2.48. The van der Waals surface area contributed by atoms with E-state index in [1.54, 1.807) is 0 Å². The lowest BCUT2D eigenvalue weighted by molar-refractivity contribution is 1.34. The van der Waals surface area contributed by atoms with Gasteiger partial charge in [-0.1, -0.05) is 29.8 Å². The number of aryl methyl sites for hydroxylation is 2. The molecule has 1 N–H and O–H groups in total. The molecule has 0 saturated carbocycles. The van der Waals surface area contributed by atoms with E-state index < -0.39 is 0 Å². The molecule has 0 amide bonds. The molecular formula is C18H14N2O. The van der Waals surface area contributed by atoms with Gasteiger partial charge in [-0.25, -0.2) is 4.98 Å². The van der Waals surface area contributed by atoms with E-state index in [9.17, 15) is 4.79 Å². The molecule has 21 heavy (non-hydrogen) atoms. The number of rotatable bonds is 0. The van der Waals surface area contributed by atoms with Crippen molar-refractivity contribution in [3.05, 3.63) is 63.8 Å². The molecule has 0 bridgehead atoms. The van der Waals surface area contributed by atoms with Crippen LogP contribution in [0.3, 0.4) is 0 Å². The Morgan fingerprint density at radius 2 is 1.81 bits per heavy atom. The number of hydrogen-bond acceptors (Lipinski definition) is 2. The molecular weight excluding hydrogens is 260 g/mol. The monoisotopic (exact) mass is 274 g/mol. The number of aromatic amines is 1. The van der Waals surface area contributed by atoms with Crippen LogP contribution in [0.4, 0.5) is 0 Å². The minimum absolute atomic E-state index is 0.0539. The van der Waals surface area contributed by atoms with Gasteiger partial charge in [0, 0.05) is 10.8 Å². The molecule has 3 nitrogen and oxygen atoms in total. The molecule has 0 aliphatic carbocycles. The summed E-state index contributed by atoms with van der Waals surface area (Å²) < 4.78 is 0. The first kappa shape index (κ1) is 12.1. The number of fused-ring (bicyclic) bond motifs is 3. The summed E-state index contributed by atoms with van der Waals surface area (Å²) in [6.07, 6.45) is 0. The third-order valence-corrected chi connectivity index (χ3v) is 4.05. The van der Waals surface area contributed by atoms with Gasteiger partial charge in [-0.2, -0.15) is 0 Å². The third kappa shape index (κ3) is 1.67. The Bertz CT molecular complexity index is 1080. The normalized spacial score (nSPS) is 11.5. The first-order valence-electron chi connectivity index (χ1n) is 6.97. The van der Waals surface area contributed by atoms with Crippen molar-refractivity contribution >= 4 is 32.8 Å². The van der Waals surface area contributed by atoms with Crippen LogP contribution < -0.4 is 5.43 Å². The summed E-state index contributed by atoms with van der Waals surface area (Å²) >= 11 is 0. The van der Waals surface area contributed by atoms with Crippen LogP contribution in [-0.2, 0) is 0 Å². The zero-order chi connectivity index (χ0) is 14.6. The maximum atomic E-state index is 12.8. The first-order valence-corrected chi connectivity index (χ1v) is 6.97. The van der Waals surface area contributed by atoms with Gasteiger partial charge < -0.3 is 4.98 Å². The largest absolute Gasteiger partial charge is 0.339 e. The molecule has 4 rings (SSSR count). The first-order chi connectivity index (χ1) is 10.1. The van der Waals surface area contributed by atoms with Gasteiger partial charge in [0.15, 0.2) is 5.43 Å². The second-order valence-electron chi connectivity index (χ2n) is 5.48. The van der Waals surface area contributed by atoms with Crippen molar-refractivity contribution in [1.82, 2.24) is 9.97 Å². The van der Waals surface area contributed by atoms with Gasteiger partial charge in [-0.05, 0) is 37.6 Å². The number of H-pyrrole nitrogens is 1. The predicted octanol–water partition coefficient (Wildman–Crippen LogP) is 3.85. The van der Waals surface area contributed by atoms with Gasteiger partial charge in [-0.3, -0.25) is 4.79 Å². The topological polar surface area (TPSA) is 45.8 Å². The van der Waals surface area contributed by atoms with Crippen molar-refractivity contribution in [2.75, 3.05) is 0 Å². The van der Waals surface area contributed by atoms with Crippen LogP contribution in [0.5, 0.6) is 0 Å². The summed E-state index contributed by atoms with van der Waals surface area (Å²) in [4.78, 5) is 20.8. The molecule has 0 atom stereocenters. The highest BCUT2D eigenvalue weighted by molar-refractivity contribution is 6.00. The highest BCUT2D eigenvalue weighted by atomic mass is 16.1. The van der Waals surface area contributed by atoms with E-state index in [0.29, 0.717) is 11.0 Å². The Hall–Kier alpha value is -2.68. The van der Waals surface area contributed by atoms with Crippen molar-refractivity contribution < 1.29 is 0 Å². The average molecular weight is 274 g/mol. The molecule has 2 aromatic carbocycles. The van der Waals surface area contributed by atoms with Crippen LogP contribution in [0.2, 0.25) is 0 Å². The molecule has 102 valence electrons. The summed E-state index contributed by atoms with van der Waals surface area (Å²) in [5.74, 6) is 0. The minimum atomic E-state index is 0.0539. The fraction of sp³-hybridized carbons (Fsp3) is 0.111. The molecule has 4 aromatic rings. The van der Waals surface area contributed by atoms with Gasteiger partial charge in [0.25, 0.3) is 0 Å². The zero-order valence-corrected chi connectivity index (χ0v) is 11.9. The summed E-state index contributed by atoms with van der Waals surface area (Å²) in [6, 6.07) is 13.8. The lowest BCUT2D eigenvalue weighted by atomic mass is 10.0. The van der Waals surface area contributed by atoms with Crippen LogP contribution in [0, 0.1) is 13.8 Å². The SMILES string of the molecule is Cc1ccc2[nH]c3nc4ccccc4c(C)c3c(=O)c2c1. The number of nitrogens with one attached hydrogen (secondary N) is 1. The molecule has 0 aliphatic rings. The Morgan fingerprint density at radius 1 is 1.00 bits per heavy atom. The van der Waals surface area contributed by atoms with Gasteiger partial charge in [-0.15, -0.1) is 0 Å². The van der Waals surface area contributed by atoms with E-state index in [-0.39, 0.29) is 5.43 Å². The van der Waals surface area contributed by atoms with Crippen molar-refractivity contribution in [3.8, 4) is 0 Å². The van der Waals surface area contributed by atoms with Crippen molar-refractivity contribution in [3.63, 3.8) is 0 Å². The molecule has 0 radical (unpaired) electrons. The third-order valence-electron chi connectivity index (χ3n) is 4.05. The number of hydrogen-bond donors (Lipinski definition) is 1. The Labute approximate surface area is 121 Å². The number of pyridine rings is 2. The highest BCUT2D eigenvalue weighted by Gasteiger charge is 2.11. The maximum Gasteiger partial charge on any atom is 0.199 e. The van der Waals surface area contributed by atoms with Crippen LogP contribution in [0.25, 0.3) is 32.8 Å².